The van der Waals surface area contributed by atoms with Crippen LogP contribution in [0.5, 0.6) is 5.75 Å². The maximum absolute atomic E-state index is 11.0. The van der Waals surface area contributed by atoms with Crippen molar-refractivity contribution < 1.29 is 14.6 Å². The molecule has 1 aromatic carbocycles. The molecule has 0 radical (unpaired) electrons. The van der Waals surface area contributed by atoms with E-state index in [4.69, 9.17) is 9.84 Å². The maximum atomic E-state index is 11.0. The highest BCUT2D eigenvalue weighted by molar-refractivity contribution is 5.77. The summed E-state index contributed by atoms with van der Waals surface area (Å²) in [4.78, 5) is 11.0. The first kappa shape index (κ1) is 12.0. The molecule has 1 aliphatic carbocycles. The molecule has 1 fully saturated rings. The summed E-state index contributed by atoms with van der Waals surface area (Å²) in [6.45, 7) is 6.03. The van der Waals surface area contributed by atoms with Gasteiger partial charge in [-0.25, -0.2) is 0 Å². The van der Waals surface area contributed by atoms with Gasteiger partial charge in [-0.1, -0.05) is 13.0 Å². The molecule has 0 amide bonds. The van der Waals surface area contributed by atoms with Crippen molar-refractivity contribution in [3.8, 4) is 5.75 Å². The van der Waals surface area contributed by atoms with Crippen molar-refractivity contribution in [2.24, 2.45) is 5.92 Å². The van der Waals surface area contributed by atoms with E-state index >= 15 is 0 Å². The van der Waals surface area contributed by atoms with Gasteiger partial charge in [-0.2, -0.15) is 0 Å². The Morgan fingerprint density at radius 3 is 2.53 bits per heavy atom. The highest BCUT2D eigenvalue weighted by Gasteiger charge is 2.56. The molecule has 2 rings (SSSR count). The smallest absolute Gasteiger partial charge is 0.307 e. The number of benzene rings is 1. The molecule has 0 heterocycles. The summed E-state index contributed by atoms with van der Waals surface area (Å²) in [5.41, 5.74) is 3.11. The Balaban J connectivity index is 2.42. The van der Waals surface area contributed by atoms with Gasteiger partial charge in [0.05, 0.1) is 13.0 Å². The molecule has 0 saturated heterocycles. The van der Waals surface area contributed by atoms with Crippen molar-refractivity contribution in [2.75, 3.05) is 7.11 Å². The lowest BCUT2D eigenvalue weighted by molar-refractivity contribution is -0.138. The minimum atomic E-state index is -0.694. The maximum Gasteiger partial charge on any atom is 0.307 e. The van der Waals surface area contributed by atoms with Gasteiger partial charge in [0.1, 0.15) is 5.75 Å². The number of hydrogen-bond acceptors (Lipinski definition) is 2. The van der Waals surface area contributed by atoms with Crippen molar-refractivity contribution in [3.05, 3.63) is 28.8 Å². The summed E-state index contributed by atoms with van der Waals surface area (Å²) >= 11 is 0. The van der Waals surface area contributed by atoms with Crippen LogP contribution in [0, 0.1) is 19.8 Å². The second-order valence-corrected chi connectivity index (χ2v) is 5.15. The first-order valence-electron chi connectivity index (χ1n) is 5.78. The largest absolute Gasteiger partial charge is 0.496 e. The van der Waals surface area contributed by atoms with Crippen LogP contribution >= 0.6 is 0 Å². The third kappa shape index (κ3) is 1.79. The van der Waals surface area contributed by atoms with Crippen LogP contribution in [0.2, 0.25) is 0 Å². The van der Waals surface area contributed by atoms with Crippen molar-refractivity contribution in [2.45, 2.75) is 32.6 Å². The Morgan fingerprint density at radius 1 is 1.41 bits per heavy atom. The standard InChI is InChI=1S/C14H18O3/c1-8-6-12(17-4)9(2)5-10(8)14(3)7-11(14)13(15)16/h5-6,11H,7H2,1-4H3,(H,15,16). The molecular formula is C14H18O3. The summed E-state index contributed by atoms with van der Waals surface area (Å²) in [5, 5.41) is 9.09. The summed E-state index contributed by atoms with van der Waals surface area (Å²) in [6, 6.07) is 4.06. The average Bonchev–Trinajstić information content (AvgIpc) is 2.95. The number of rotatable bonds is 3. The van der Waals surface area contributed by atoms with Gasteiger partial charge in [-0.15, -0.1) is 0 Å². The van der Waals surface area contributed by atoms with E-state index in [-0.39, 0.29) is 11.3 Å². The highest BCUT2D eigenvalue weighted by Crippen LogP contribution is 2.55. The Labute approximate surface area is 101 Å². The molecule has 1 aromatic rings. The normalized spacial score (nSPS) is 26.7. The van der Waals surface area contributed by atoms with Crippen LogP contribution in [-0.4, -0.2) is 18.2 Å². The van der Waals surface area contributed by atoms with Gasteiger partial charge in [0.25, 0.3) is 0 Å². The van der Waals surface area contributed by atoms with Gasteiger partial charge >= 0.3 is 5.97 Å². The third-order valence-corrected chi connectivity index (χ3v) is 3.89. The number of ether oxygens (including phenoxy) is 1. The molecule has 0 aliphatic heterocycles. The number of methoxy groups -OCH3 is 1. The Hall–Kier alpha value is -1.51. The molecule has 1 saturated carbocycles. The van der Waals surface area contributed by atoms with Crippen LogP contribution in [0.4, 0.5) is 0 Å². The van der Waals surface area contributed by atoms with Crippen molar-refractivity contribution >= 4 is 5.97 Å². The molecule has 3 heteroatoms. The zero-order valence-corrected chi connectivity index (χ0v) is 10.7. The molecule has 1 aliphatic rings. The first-order chi connectivity index (χ1) is 7.90. The fourth-order valence-corrected chi connectivity index (χ4v) is 2.65. The minimum absolute atomic E-state index is 0.201. The van der Waals surface area contributed by atoms with Gasteiger partial charge in [0.2, 0.25) is 0 Å². The first-order valence-corrected chi connectivity index (χ1v) is 5.78. The molecule has 0 spiro atoms. The van der Waals surface area contributed by atoms with Crippen molar-refractivity contribution in [1.29, 1.82) is 0 Å². The zero-order valence-electron chi connectivity index (χ0n) is 10.7. The average molecular weight is 234 g/mol. The second kappa shape index (κ2) is 3.76. The quantitative estimate of drug-likeness (QED) is 0.874. The predicted molar refractivity (Wildman–Crippen MR) is 65.6 cm³/mol. The molecular weight excluding hydrogens is 216 g/mol. The third-order valence-electron chi connectivity index (χ3n) is 3.89. The number of hydrogen-bond donors (Lipinski definition) is 1. The van der Waals surface area contributed by atoms with Crippen LogP contribution < -0.4 is 4.74 Å². The number of carboxylic acid groups (broad SMARTS) is 1. The number of aliphatic carboxylic acids is 1. The molecule has 2 unspecified atom stereocenters. The predicted octanol–water partition coefficient (Wildman–Crippen LogP) is 2.67. The summed E-state index contributed by atoms with van der Waals surface area (Å²) < 4.78 is 5.27. The summed E-state index contributed by atoms with van der Waals surface area (Å²) in [6.07, 6.45) is 0.731. The fraction of sp³-hybridized carbons (Fsp3) is 0.500. The van der Waals surface area contributed by atoms with E-state index in [1.807, 2.05) is 26.8 Å². The molecule has 1 N–H and O–H groups in total. The zero-order chi connectivity index (χ0) is 12.8. The summed E-state index contributed by atoms with van der Waals surface area (Å²) in [5.74, 6) is -0.0725. The fourth-order valence-electron chi connectivity index (χ4n) is 2.65. The second-order valence-electron chi connectivity index (χ2n) is 5.15. The highest BCUT2D eigenvalue weighted by atomic mass is 16.5. The molecule has 92 valence electrons. The van der Waals surface area contributed by atoms with Gasteiger partial charge < -0.3 is 9.84 Å². The Bertz CT molecular complexity index is 479. The van der Waals surface area contributed by atoms with Crippen molar-refractivity contribution in [3.63, 3.8) is 0 Å². The number of carboxylic acids is 1. The van der Waals surface area contributed by atoms with Gasteiger partial charge in [-0.05, 0) is 43.0 Å². The van der Waals surface area contributed by atoms with Gasteiger partial charge in [-0.3, -0.25) is 4.79 Å². The van der Waals surface area contributed by atoms with Crippen LogP contribution in [0.25, 0.3) is 0 Å². The molecule has 3 nitrogen and oxygen atoms in total. The number of carbonyl (C=O) groups is 1. The van der Waals surface area contributed by atoms with E-state index in [9.17, 15) is 4.79 Å². The van der Waals surface area contributed by atoms with E-state index in [0.29, 0.717) is 0 Å². The van der Waals surface area contributed by atoms with E-state index < -0.39 is 5.97 Å². The van der Waals surface area contributed by atoms with Gasteiger partial charge in [0, 0.05) is 5.41 Å². The molecule has 0 aromatic heterocycles. The lowest BCUT2D eigenvalue weighted by Crippen LogP contribution is -2.13. The van der Waals surface area contributed by atoms with E-state index in [1.54, 1.807) is 7.11 Å². The van der Waals surface area contributed by atoms with Crippen molar-refractivity contribution in [1.82, 2.24) is 0 Å². The van der Waals surface area contributed by atoms with E-state index in [0.717, 1.165) is 28.9 Å². The minimum Gasteiger partial charge on any atom is -0.496 e. The summed E-state index contributed by atoms with van der Waals surface area (Å²) in [7, 11) is 1.65. The van der Waals surface area contributed by atoms with E-state index in [1.165, 1.54) is 0 Å². The lowest BCUT2D eigenvalue weighted by atomic mass is 9.89. The molecule has 17 heavy (non-hydrogen) atoms. The monoisotopic (exact) mass is 234 g/mol. The van der Waals surface area contributed by atoms with Crippen LogP contribution in [-0.2, 0) is 10.2 Å². The van der Waals surface area contributed by atoms with Crippen LogP contribution in [0.15, 0.2) is 12.1 Å². The van der Waals surface area contributed by atoms with E-state index in [2.05, 4.69) is 6.07 Å². The Kier molecular flexibility index (Phi) is 2.64. The van der Waals surface area contributed by atoms with Crippen LogP contribution in [0.3, 0.4) is 0 Å². The lowest BCUT2D eigenvalue weighted by Gasteiger charge is -2.17. The Morgan fingerprint density at radius 2 is 2.06 bits per heavy atom. The SMILES string of the molecule is COc1cc(C)c(C2(C)CC2C(=O)O)cc1C. The van der Waals surface area contributed by atoms with Gasteiger partial charge in [0.15, 0.2) is 0 Å². The molecule has 0 bridgehead atoms. The molecule has 2 atom stereocenters. The topological polar surface area (TPSA) is 46.5 Å². The van der Waals surface area contributed by atoms with Crippen LogP contribution in [0.1, 0.15) is 30.0 Å². The number of aryl methyl sites for hydroxylation is 2.